The van der Waals surface area contributed by atoms with E-state index in [1.165, 1.54) is 29.5 Å². The summed E-state index contributed by atoms with van der Waals surface area (Å²) in [7, 11) is 0. The number of nitrogens with zero attached hydrogens (tertiary/aromatic N) is 2. The molecule has 1 aromatic rings. The Morgan fingerprint density at radius 1 is 1.56 bits per heavy atom. The maximum Gasteiger partial charge on any atom is 0.0897 e. The minimum absolute atomic E-state index is 0.782. The first-order chi connectivity index (χ1) is 7.65. The lowest BCUT2D eigenvalue weighted by Gasteiger charge is -2.33. The Bertz CT molecular complexity index is 336. The van der Waals surface area contributed by atoms with E-state index in [1.807, 2.05) is 0 Å². The standard InChI is InChI=1S/C12H20N2S2/c1-9(2)12-7-14(4-5-15-12)6-11-8-16-10(3)13-11/h8-9,12H,4-7H2,1-3H3. The van der Waals surface area contributed by atoms with Gasteiger partial charge in [-0.1, -0.05) is 13.8 Å². The van der Waals surface area contributed by atoms with Crippen LogP contribution in [0.1, 0.15) is 24.5 Å². The number of aromatic nitrogens is 1. The zero-order valence-electron chi connectivity index (χ0n) is 10.3. The summed E-state index contributed by atoms with van der Waals surface area (Å²) in [5.74, 6) is 2.05. The second-order valence-electron chi connectivity index (χ2n) is 4.75. The molecule has 1 aliphatic heterocycles. The first kappa shape index (κ1) is 12.4. The molecule has 0 aliphatic carbocycles. The number of rotatable bonds is 3. The van der Waals surface area contributed by atoms with Gasteiger partial charge in [-0.2, -0.15) is 11.8 Å². The van der Waals surface area contributed by atoms with Crippen molar-refractivity contribution in [2.75, 3.05) is 18.8 Å². The molecule has 0 N–H and O–H groups in total. The van der Waals surface area contributed by atoms with E-state index in [0.29, 0.717) is 0 Å². The van der Waals surface area contributed by atoms with Gasteiger partial charge in [0.15, 0.2) is 0 Å². The van der Waals surface area contributed by atoms with Gasteiger partial charge < -0.3 is 0 Å². The molecule has 1 fully saturated rings. The van der Waals surface area contributed by atoms with Crippen LogP contribution < -0.4 is 0 Å². The smallest absolute Gasteiger partial charge is 0.0897 e. The largest absolute Gasteiger partial charge is 0.296 e. The van der Waals surface area contributed by atoms with Crippen LogP contribution in [0.4, 0.5) is 0 Å². The van der Waals surface area contributed by atoms with E-state index in [4.69, 9.17) is 0 Å². The molecule has 2 nitrogen and oxygen atoms in total. The molecular weight excluding hydrogens is 236 g/mol. The molecule has 0 spiro atoms. The van der Waals surface area contributed by atoms with Gasteiger partial charge in [-0.15, -0.1) is 11.3 Å². The fourth-order valence-electron chi connectivity index (χ4n) is 1.99. The molecule has 2 heterocycles. The molecule has 16 heavy (non-hydrogen) atoms. The highest BCUT2D eigenvalue weighted by atomic mass is 32.2. The van der Waals surface area contributed by atoms with Gasteiger partial charge in [0.05, 0.1) is 10.7 Å². The third kappa shape index (κ3) is 3.22. The molecule has 1 aromatic heterocycles. The lowest BCUT2D eigenvalue weighted by Crippen LogP contribution is -2.39. The average molecular weight is 256 g/mol. The number of hydrogen-bond acceptors (Lipinski definition) is 4. The number of thioether (sulfide) groups is 1. The predicted octanol–water partition coefficient (Wildman–Crippen LogP) is 3.02. The van der Waals surface area contributed by atoms with E-state index in [1.54, 1.807) is 11.3 Å². The molecular formula is C12H20N2S2. The maximum absolute atomic E-state index is 4.54. The summed E-state index contributed by atoms with van der Waals surface area (Å²) in [5.41, 5.74) is 1.25. The minimum Gasteiger partial charge on any atom is -0.296 e. The van der Waals surface area contributed by atoms with E-state index >= 15 is 0 Å². The van der Waals surface area contributed by atoms with E-state index in [0.717, 1.165) is 17.7 Å². The van der Waals surface area contributed by atoms with Crippen molar-refractivity contribution in [1.29, 1.82) is 0 Å². The highest BCUT2D eigenvalue weighted by molar-refractivity contribution is 8.00. The van der Waals surface area contributed by atoms with Crippen molar-refractivity contribution in [2.24, 2.45) is 5.92 Å². The zero-order chi connectivity index (χ0) is 11.5. The lowest BCUT2D eigenvalue weighted by molar-refractivity contribution is 0.258. The molecule has 4 heteroatoms. The average Bonchev–Trinajstić information content (AvgIpc) is 2.64. The molecule has 0 bridgehead atoms. The molecule has 1 unspecified atom stereocenters. The van der Waals surface area contributed by atoms with Gasteiger partial charge >= 0.3 is 0 Å². The quantitative estimate of drug-likeness (QED) is 0.827. The van der Waals surface area contributed by atoms with E-state index in [2.05, 4.69) is 47.8 Å². The normalized spacial score (nSPS) is 22.9. The van der Waals surface area contributed by atoms with Crippen LogP contribution in [0.25, 0.3) is 0 Å². The van der Waals surface area contributed by atoms with Crippen LogP contribution in [0.5, 0.6) is 0 Å². The fraction of sp³-hybridized carbons (Fsp3) is 0.750. The van der Waals surface area contributed by atoms with Gasteiger partial charge in [0, 0.05) is 36.0 Å². The summed E-state index contributed by atoms with van der Waals surface area (Å²) in [4.78, 5) is 7.10. The van der Waals surface area contributed by atoms with Crippen molar-refractivity contribution in [3.63, 3.8) is 0 Å². The van der Waals surface area contributed by atoms with Crippen molar-refractivity contribution in [2.45, 2.75) is 32.6 Å². The Balaban J connectivity index is 1.90. The van der Waals surface area contributed by atoms with Crippen LogP contribution in [-0.4, -0.2) is 34.0 Å². The Labute approximate surface area is 106 Å². The van der Waals surface area contributed by atoms with E-state index in [-0.39, 0.29) is 0 Å². The van der Waals surface area contributed by atoms with Gasteiger partial charge in [-0.3, -0.25) is 4.90 Å². The van der Waals surface area contributed by atoms with Crippen molar-refractivity contribution < 1.29 is 0 Å². The van der Waals surface area contributed by atoms with Crippen molar-refractivity contribution >= 4 is 23.1 Å². The van der Waals surface area contributed by atoms with E-state index in [9.17, 15) is 0 Å². The third-order valence-corrected chi connectivity index (χ3v) is 5.34. The van der Waals surface area contributed by atoms with Crippen LogP contribution in [-0.2, 0) is 6.54 Å². The number of thiazole rings is 1. The first-order valence-electron chi connectivity index (χ1n) is 5.90. The van der Waals surface area contributed by atoms with E-state index < -0.39 is 0 Å². The van der Waals surface area contributed by atoms with Crippen LogP contribution >= 0.6 is 23.1 Å². The number of hydrogen-bond donors (Lipinski definition) is 0. The van der Waals surface area contributed by atoms with Crippen LogP contribution in [0.3, 0.4) is 0 Å². The summed E-state index contributed by atoms with van der Waals surface area (Å²) >= 11 is 3.89. The first-order valence-corrected chi connectivity index (χ1v) is 7.83. The molecule has 0 amide bonds. The monoisotopic (exact) mass is 256 g/mol. The van der Waals surface area contributed by atoms with Crippen LogP contribution in [0.2, 0.25) is 0 Å². The number of aryl methyl sites for hydroxylation is 1. The zero-order valence-corrected chi connectivity index (χ0v) is 11.9. The van der Waals surface area contributed by atoms with Crippen LogP contribution in [0.15, 0.2) is 5.38 Å². The summed E-state index contributed by atoms with van der Waals surface area (Å²) < 4.78 is 0. The summed E-state index contributed by atoms with van der Waals surface area (Å²) in [6.45, 7) is 10.2. The molecule has 2 rings (SSSR count). The Hall–Kier alpha value is -0.0600. The Kier molecular flexibility index (Phi) is 4.27. The summed E-state index contributed by atoms with van der Waals surface area (Å²) in [5, 5.41) is 4.18. The maximum atomic E-state index is 4.54. The second-order valence-corrected chi connectivity index (χ2v) is 7.16. The third-order valence-electron chi connectivity index (χ3n) is 2.97. The van der Waals surface area contributed by atoms with Gasteiger partial charge in [0.1, 0.15) is 0 Å². The van der Waals surface area contributed by atoms with Gasteiger partial charge in [-0.25, -0.2) is 4.98 Å². The molecule has 90 valence electrons. The molecule has 0 aromatic carbocycles. The highest BCUT2D eigenvalue weighted by Gasteiger charge is 2.23. The van der Waals surface area contributed by atoms with Crippen LogP contribution in [0, 0.1) is 12.8 Å². The lowest BCUT2D eigenvalue weighted by atomic mass is 10.1. The molecule has 0 radical (unpaired) electrons. The molecule has 1 saturated heterocycles. The second kappa shape index (κ2) is 5.52. The molecule has 1 aliphatic rings. The topological polar surface area (TPSA) is 16.1 Å². The fourth-order valence-corrected chi connectivity index (χ4v) is 3.96. The highest BCUT2D eigenvalue weighted by Crippen LogP contribution is 2.25. The Morgan fingerprint density at radius 3 is 3.00 bits per heavy atom. The molecule has 0 saturated carbocycles. The predicted molar refractivity (Wildman–Crippen MR) is 73.2 cm³/mol. The minimum atomic E-state index is 0.782. The summed E-state index contributed by atoms with van der Waals surface area (Å²) in [6.07, 6.45) is 0. The van der Waals surface area contributed by atoms with Crippen molar-refractivity contribution in [3.8, 4) is 0 Å². The SMILES string of the molecule is Cc1nc(CN2CCSC(C(C)C)C2)cs1. The van der Waals surface area contributed by atoms with Crippen molar-refractivity contribution in [3.05, 3.63) is 16.1 Å². The van der Waals surface area contributed by atoms with Gasteiger partial charge in [0.2, 0.25) is 0 Å². The summed E-state index contributed by atoms with van der Waals surface area (Å²) in [6, 6.07) is 0. The van der Waals surface area contributed by atoms with Gasteiger partial charge in [0.25, 0.3) is 0 Å². The van der Waals surface area contributed by atoms with Crippen molar-refractivity contribution in [1.82, 2.24) is 9.88 Å². The molecule has 1 atom stereocenters. The van der Waals surface area contributed by atoms with Gasteiger partial charge in [-0.05, 0) is 12.8 Å². The Morgan fingerprint density at radius 2 is 2.38 bits per heavy atom.